The molecule has 146 valence electrons. The van der Waals surface area contributed by atoms with Crippen molar-refractivity contribution in [3.63, 3.8) is 0 Å². The number of rotatable bonds is 14. The highest BCUT2D eigenvalue weighted by molar-refractivity contribution is 6.18. The Morgan fingerprint density at radius 3 is 1.54 bits per heavy atom. The SMILES string of the molecule is O=C(OCCCCCCCl)c1cccc(C(=O)OCCCCCCCl)c1. The lowest BCUT2D eigenvalue weighted by Crippen LogP contribution is -2.10. The van der Waals surface area contributed by atoms with Crippen molar-refractivity contribution >= 4 is 35.1 Å². The zero-order chi connectivity index (χ0) is 19.0. The molecule has 0 fully saturated rings. The van der Waals surface area contributed by atoms with E-state index < -0.39 is 11.9 Å². The van der Waals surface area contributed by atoms with Crippen LogP contribution in [0, 0.1) is 0 Å². The third kappa shape index (κ3) is 10.0. The van der Waals surface area contributed by atoms with Crippen molar-refractivity contribution < 1.29 is 19.1 Å². The average Bonchev–Trinajstić information content (AvgIpc) is 2.67. The number of halogens is 2. The Bertz CT molecular complexity index is 491. The third-order valence-electron chi connectivity index (χ3n) is 3.86. The van der Waals surface area contributed by atoms with Crippen LogP contribution in [-0.2, 0) is 9.47 Å². The van der Waals surface area contributed by atoms with Crippen molar-refractivity contribution in [1.82, 2.24) is 0 Å². The highest BCUT2D eigenvalue weighted by atomic mass is 35.5. The lowest BCUT2D eigenvalue weighted by atomic mass is 10.1. The second-order valence-electron chi connectivity index (χ2n) is 6.06. The summed E-state index contributed by atoms with van der Waals surface area (Å²) in [6.07, 6.45) is 7.62. The molecule has 0 heterocycles. The standard InChI is InChI=1S/C20H28Cl2O4/c21-12-5-1-3-7-14-25-19(23)17-10-9-11-18(16-17)20(24)26-15-8-4-2-6-13-22/h9-11,16H,1-8,12-15H2. The number of carbonyl (C=O) groups excluding carboxylic acids is 2. The first-order valence-electron chi connectivity index (χ1n) is 9.25. The van der Waals surface area contributed by atoms with Gasteiger partial charge in [-0.3, -0.25) is 0 Å². The Morgan fingerprint density at radius 2 is 1.12 bits per heavy atom. The molecule has 26 heavy (non-hydrogen) atoms. The lowest BCUT2D eigenvalue weighted by Gasteiger charge is -2.07. The summed E-state index contributed by atoms with van der Waals surface area (Å²) in [6, 6.07) is 6.46. The Hall–Kier alpha value is -1.26. The van der Waals surface area contributed by atoms with E-state index in [9.17, 15) is 9.59 Å². The van der Waals surface area contributed by atoms with Gasteiger partial charge in [0.05, 0.1) is 24.3 Å². The van der Waals surface area contributed by atoms with E-state index in [1.165, 1.54) is 6.07 Å². The number of benzene rings is 1. The molecule has 0 saturated heterocycles. The van der Waals surface area contributed by atoms with Crippen LogP contribution in [0.2, 0.25) is 0 Å². The number of alkyl halides is 2. The van der Waals surface area contributed by atoms with Gasteiger partial charge in [0.1, 0.15) is 0 Å². The minimum Gasteiger partial charge on any atom is -0.462 e. The molecule has 1 aromatic rings. The predicted octanol–water partition coefficient (Wildman–Crippen LogP) is 5.60. The van der Waals surface area contributed by atoms with E-state index >= 15 is 0 Å². The lowest BCUT2D eigenvalue weighted by molar-refractivity contribution is 0.0496. The van der Waals surface area contributed by atoms with E-state index in [1.807, 2.05) is 0 Å². The minimum atomic E-state index is -0.418. The molecule has 0 amide bonds. The van der Waals surface area contributed by atoms with Gasteiger partial charge in [0.25, 0.3) is 0 Å². The molecule has 0 saturated carbocycles. The molecule has 0 unspecified atom stereocenters. The first-order valence-corrected chi connectivity index (χ1v) is 10.3. The molecule has 0 bridgehead atoms. The maximum absolute atomic E-state index is 12.1. The quantitative estimate of drug-likeness (QED) is 0.231. The van der Waals surface area contributed by atoms with E-state index in [-0.39, 0.29) is 0 Å². The van der Waals surface area contributed by atoms with Gasteiger partial charge < -0.3 is 9.47 Å². The molecule has 0 aliphatic heterocycles. The first kappa shape index (κ1) is 22.8. The Balaban J connectivity index is 2.34. The maximum atomic E-state index is 12.1. The topological polar surface area (TPSA) is 52.6 Å². The number of carbonyl (C=O) groups is 2. The summed E-state index contributed by atoms with van der Waals surface area (Å²) < 4.78 is 10.5. The second kappa shape index (κ2) is 14.9. The van der Waals surface area contributed by atoms with Gasteiger partial charge in [-0.1, -0.05) is 31.7 Å². The van der Waals surface area contributed by atoms with E-state index in [2.05, 4.69) is 0 Å². The van der Waals surface area contributed by atoms with E-state index in [4.69, 9.17) is 32.7 Å². The van der Waals surface area contributed by atoms with Crippen molar-refractivity contribution in [2.24, 2.45) is 0 Å². The third-order valence-corrected chi connectivity index (χ3v) is 4.39. The summed E-state index contributed by atoms with van der Waals surface area (Å²) in [6.45, 7) is 0.746. The summed E-state index contributed by atoms with van der Waals surface area (Å²) in [5, 5.41) is 0. The van der Waals surface area contributed by atoms with E-state index in [0.717, 1.165) is 51.4 Å². The first-order chi connectivity index (χ1) is 12.7. The summed E-state index contributed by atoms with van der Waals surface area (Å²) >= 11 is 11.2. The molecule has 1 aromatic carbocycles. The van der Waals surface area contributed by atoms with Crippen molar-refractivity contribution in [3.8, 4) is 0 Å². The van der Waals surface area contributed by atoms with Crippen LogP contribution in [0.1, 0.15) is 72.1 Å². The summed E-state index contributed by atoms with van der Waals surface area (Å²) in [5.41, 5.74) is 0.727. The molecule has 1 rings (SSSR count). The molecule has 0 aromatic heterocycles. The zero-order valence-electron chi connectivity index (χ0n) is 15.2. The van der Waals surface area contributed by atoms with Gasteiger partial charge in [-0.25, -0.2) is 9.59 Å². The fourth-order valence-corrected chi connectivity index (χ4v) is 2.75. The fraction of sp³-hybridized carbons (Fsp3) is 0.600. The molecule has 0 atom stereocenters. The van der Waals surface area contributed by atoms with Crippen LogP contribution >= 0.6 is 23.2 Å². The van der Waals surface area contributed by atoms with Gasteiger partial charge >= 0.3 is 11.9 Å². The number of esters is 2. The number of hydrogen-bond acceptors (Lipinski definition) is 4. The van der Waals surface area contributed by atoms with Crippen LogP contribution in [0.25, 0.3) is 0 Å². The molecule has 0 N–H and O–H groups in total. The highest BCUT2D eigenvalue weighted by Gasteiger charge is 2.12. The van der Waals surface area contributed by atoms with Crippen molar-refractivity contribution in [2.75, 3.05) is 25.0 Å². The van der Waals surface area contributed by atoms with Gasteiger partial charge in [-0.15, -0.1) is 23.2 Å². The van der Waals surface area contributed by atoms with Crippen LogP contribution in [0.3, 0.4) is 0 Å². The smallest absolute Gasteiger partial charge is 0.338 e. The van der Waals surface area contributed by atoms with Crippen LogP contribution in [-0.4, -0.2) is 36.9 Å². The largest absolute Gasteiger partial charge is 0.462 e. The van der Waals surface area contributed by atoms with Crippen LogP contribution in [0.15, 0.2) is 24.3 Å². The van der Waals surface area contributed by atoms with Gasteiger partial charge in [0.15, 0.2) is 0 Å². The minimum absolute atomic E-state index is 0.363. The zero-order valence-corrected chi connectivity index (χ0v) is 16.7. The molecule has 6 heteroatoms. The predicted molar refractivity (Wildman–Crippen MR) is 105 cm³/mol. The van der Waals surface area contributed by atoms with E-state index in [1.54, 1.807) is 18.2 Å². The number of ether oxygens (including phenoxy) is 2. The molecule has 0 spiro atoms. The van der Waals surface area contributed by atoms with Crippen LogP contribution < -0.4 is 0 Å². The summed E-state index contributed by atoms with van der Waals surface area (Å²) in [7, 11) is 0. The summed E-state index contributed by atoms with van der Waals surface area (Å²) in [4.78, 5) is 24.1. The summed E-state index contributed by atoms with van der Waals surface area (Å²) in [5.74, 6) is 0.489. The maximum Gasteiger partial charge on any atom is 0.338 e. The van der Waals surface area contributed by atoms with Crippen LogP contribution in [0.5, 0.6) is 0 Å². The molecular formula is C20H28Cl2O4. The molecule has 0 aliphatic carbocycles. The molecule has 0 radical (unpaired) electrons. The monoisotopic (exact) mass is 402 g/mol. The van der Waals surface area contributed by atoms with Crippen molar-refractivity contribution in [3.05, 3.63) is 35.4 Å². The molecular weight excluding hydrogens is 375 g/mol. The normalized spacial score (nSPS) is 10.5. The Labute approximate surface area is 166 Å². The Morgan fingerprint density at radius 1 is 0.692 bits per heavy atom. The van der Waals surface area contributed by atoms with Gasteiger partial charge in [-0.2, -0.15) is 0 Å². The van der Waals surface area contributed by atoms with Gasteiger partial charge in [0, 0.05) is 11.8 Å². The van der Waals surface area contributed by atoms with Crippen LogP contribution in [0.4, 0.5) is 0 Å². The number of hydrogen-bond donors (Lipinski definition) is 0. The van der Waals surface area contributed by atoms with Crippen molar-refractivity contribution in [1.29, 1.82) is 0 Å². The van der Waals surface area contributed by atoms with Gasteiger partial charge in [0.2, 0.25) is 0 Å². The highest BCUT2D eigenvalue weighted by Crippen LogP contribution is 2.10. The fourth-order valence-electron chi connectivity index (χ4n) is 2.37. The van der Waals surface area contributed by atoms with Crippen molar-refractivity contribution in [2.45, 2.75) is 51.4 Å². The molecule has 4 nitrogen and oxygen atoms in total. The number of unbranched alkanes of at least 4 members (excludes halogenated alkanes) is 6. The average molecular weight is 403 g/mol. The van der Waals surface area contributed by atoms with Gasteiger partial charge in [-0.05, 0) is 43.9 Å². The Kier molecular flexibility index (Phi) is 13.0. The van der Waals surface area contributed by atoms with E-state index in [0.29, 0.717) is 36.1 Å². The molecule has 0 aliphatic rings. The second-order valence-corrected chi connectivity index (χ2v) is 6.81.